The van der Waals surface area contributed by atoms with Crippen molar-refractivity contribution in [2.75, 3.05) is 32.1 Å². The molecule has 1 saturated heterocycles. The minimum atomic E-state index is -0.580. The Labute approximate surface area is 120 Å². The summed E-state index contributed by atoms with van der Waals surface area (Å²) in [5.74, 6) is 0.897. The van der Waals surface area contributed by atoms with E-state index in [9.17, 15) is 4.79 Å². The van der Waals surface area contributed by atoms with Crippen LogP contribution in [-0.4, -0.2) is 43.6 Å². The number of hydrogen-bond acceptors (Lipinski definition) is 4. The lowest BCUT2D eigenvalue weighted by Crippen LogP contribution is -2.62. The number of likely N-dealkylation sites (N-methyl/N-ethyl adjacent to an activating group) is 1. The van der Waals surface area contributed by atoms with Gasteiger partial charge in [-0.2, -0.15) is 0 Å². The summed E-state index contributed by atoms with van der Waals surface area (Å²) in [5, 5.41) is 0. The average Bonchev–Trinajstić information content (AvgIpc) is 2.44. The van der Waals surface area contributed by atoms with Crippen LogP contribution in [0.15, 0.2) is 18.2 Å². The van der Waals surface area contributed by atoms with E-state index >= 15 is 0 Å². The highest BCUT2D eigenvalue weighted by atomic mass is 16.5. The Morgan fingerprint density at radius 2 is 2.05 bits per heavy atom. The maximum absolute atomic E-state index is 12.4. The van der Waals surface area contributed by atoms with Crippen LogP contribution in [0.5, 0.6) is 5.75 Å². The third-order valence-corrected chi connectivity index (χ3v) is 4.01. The number of benzene rings is 1. The zero-order valence-electron chi connectivity index (χ0n) is 12.6. The number of amides is 1. The fourth-order valence-corrected chi connectivity index (χ4v) is 2.73. The molecule has 5 heteroatoms. The Kier molecular flexibility index (Phi) is 3.90. The highest BCUT2D eigenvalue weighted by molar-refractivity contribution is 5.90. The minimum absolute atomic E-state index is 0.120. The zero-order valence-corrected chi connectivity index (χ0v) is 12.6. The molecule has 0 bridgehead atoms. The van der Waals surface area contributed by atoms with Crippen LogP contribution in [-0.2, 0) is 11.3 Å². The highest BCUT2D eigenvalue weighted by Crippen LogP contribution is 2.33. The van der Waals surface area contributed by atoms with E-state index < -0.39 is 5.54 Å². The van der Waals surface area contributed by atoms with Crippen LogP contribution in [0.4, 0.5) is 5.69 Å². The van der Waals surface area contributed by atoms with Crippen molar-refractivity contribution in [1.82, 2.24) is 4.90 Å². The van der Waals surface area contributed by atoms with Gasteiger partial charge in [0.25, 0.3) is 0 Å². The molecule has 2 N–H and O–H groups in total. The predicted molar refractivity (Wildman–Crippen MR) is 79.9 cm³/mol. The lowest BCUT2D eigenvalue weighted by Gasteiger charge is -2.46. The van der Waals surface area contributed by atoms with Gasteiger partial charge in [0.2, 0.25) is 5.91 Å². The molecule has 0 radical (unpaired) electrons. The second-order valence-electron chi connectivity index (χ2n) is 5.64. The van der Waals surface area contributed by atoms with Gasteiger partial charge in [0.15, 0.2) is 0 Å². The molecule has 2 rings (SSSR count). The molecule has 1 aromatic carbocycles. The van der Waals surface area contributed by atoms with Crippen LogP contribution >= 0.6 is 0 Å². The van der Waals surface area contributed by atoms with Crippen LogP contribution in [0.1, 0.15) is 19.4 Å². The van der Waals surface area contributed by atoms with Gasteiger partial charge in [-0.1, -0.05) is 6.07 Å². The Morgan fingerprint density at radius 3 is 2.65 bits per heavy atom. The maximum Gasteiger partial charge on any atom is 0.247 e. The molecule has 110 valence electrons. The smallest absolute Gasteiger partial charge is 0.247 e. The van der Waals surface area contributed by atoms with Crippen LogP contribution < -0.4 is 15.4 Å². The first-order chi connectivity index (χ1) is 9.41. The summed E-state index contributed by atoms with van der Waals surface area (Å²) in [6.45, 7) is 5.84. The fourth-order valence-electron chi connectivity index (χ4n) is 2.73. The summed E-state index contributed by atoms with van der Waals surface area (Å²) in [7, 11) is 3.48. The molecule has 0 spiro atoms. The predicted octanol–water partition coefficient (Wildman–Crippen LogP) is 1.21. The zero-order chi connectivity index (χ0) is 14.9. The number of carbonyl (C=O) groups is 1. The minimum Gasteiger partial charge on any atom is -0.497 e. The summed E-state index contributed by atoms with van der Waals surface area (Å²) < 4.78 is 5.30. The van der Waals surface area contributed by atoms with Gasteiger partial charge in [0.1, 0.15) is 11.3 Å². The third-order valence-electron chi connectivity index (χ3n) is 4.01. The molecule has 1 heterocycles. The molecule has 0 unspecified atom stereocenters. The van der Waals surface area contributed by atoms with E-state index in [0.717, 1.165) is 23.5 Å². The number of nitrogens with two attached hydrogens (primary N) is 1. The Morgan fingerprint density at radius 1 is 1.35 bits per heavy atom. The van der Waals surface area contributed by atoms with E-state index in [0.29, 0.717) is 13.1 Å². The number of rotatable bonds is 3. The number of methoxy groups -OCH3 is 1. The van der Waals surface area contributed by atoms with Crippen LogP contribution in [0.3, 0.4) is 0 Å². The quantitative estimate of drug-likeness (QED) is 0.902. The van der Waals surface area contributed by atoms with Gasteiger partial charge in [0, 0.05) is 38.4 Å². The van der Waals surface area contributed by atoms with Gasteiger partial charge < -0.3 is 20.3 Å². The van der Waals surface area contributed by atoms with E-state index in [2.05, 4.69) is 4.90 Å². The van der Waals surface area contributed by atoms with Crippen molar-refractivity contribution in [1.29, 1.82) is 0 Å². The van der Waals surface area contributed by atoms with E-state index in [1.807, 2.05) is 39.1 Å². The largest absolute Gasteiger partial charge is 0.497 e. The van der Waals surface area contributed by atoms with Crippen LogP contribution in [0.25, 0.3) is 0 Å². The van der Waals surface area contributed by atoms with Crippen molar-refractivity contribution >= 4 is 11.6 Å². The van der Waals surface area contributed by atoms with Gasteiger partial charge in [-0.3, -0.25) is 4.79 Å². The molecule has 1 fully saturated rings. The van der Waals surface area contributed by atoms with E-state index in [1.54, 1.807) is 12.0 Å². The topological polar surface area (TPSA) is 58.8 Å². The first-order valence-corrected chi connectivity index (χ1v) is 6.82. The third kappa shape index (κ3) is 2.33. The molecular weight excluding hydrogens is 254 g/mol. The summed E-state index contributed by atoms with van der Waals surface area (Å²) in [6.07, 6.45) is 0. The molecule has 1 amide bonds. The fraction of sp³-hybridized carbons (Fsp3) is 0.533. The van der Waals surface area contributed by atoms with Crippen LogP contribution in [0, 0.1) is 0 Å². The lowest BCUT2D eigenvalue weighted by molar-refractivity contribution is -0.136. The molecule has 0 atom stereocenters. The number of hydrogen-bond donors (Lipinski definition) is 1. The van der Waals surface area contributed by atoms with Crippen molar-refractivity contribution < 1.29 is 9.53 Å². The lowest BCUT2D eigenvalue weighted by atomic mass is 9.95. The van der Waals surface area contributed by atoms with E-state index in [1.165, 1.54) is 0 Å². The highest BCUT2D eigenvalue weighted by Gasteiger charge is 2.41. The Bertz CT molecular complexity index is 514. The van der Waals surface area contributed by atoms with Gasteiger partial charge in [-0.25, -0.2) is 0 Å². The number of nitrogens with zero attached hydrogens (tertiary/aromatic N) is 2. The van der Waals surface area contributed by atoms with E-state index in [-0.39, 0.29) is 5.91 Å². The summed E-state index contributed by atoms with van der Waals surface area (Å²) in [4.78, 5) is 16.3. The number of carbonyl (C=O) groups excluding carboxylic acids is 1. The molecule has 20 heavy (non-hydrogen) atoms. The summed E-state index contributed by atoms with van der Waals surface area (Å²) in [5.41, 5.74) is 7.27. The first kappa shape index (κ1) is 14.7. The van der Waals surface area contributed by atoms with Crippen molar-refractivity contribution in [2.24, 2.45) is 5.73 Å². The van der Waals surface area contributed by atoms with Gasteiger partial charge in [-0.05, 0) is 25.5 Å². The molecule has 0 saturated carbocycles. The van der Waals surface area contributed by atoms with Gasteiger partial charge in [-0.15, -0.1) is 0 Å². The standard InChI is InChI=1S/C15H23N3O2/c1-15(2)14(19)17(3)7-8-18(15)13-9-12(20-4)6-5-11(13)10-16/h5-6,9H,7-8,10,16H2,1-4H3. The monoisotopic (exact) mass is 277 g/mol. The average molecular weight is 277 g/mol. The summed E-state index contributed by atoms with van der Waals surface area (Å²) in [6, 6.07) is 5.83. The number of ether oxygens (including phenoxy) is 1. The molecule has 0 aliphatic carbocycles. The van der Waals surface area contributed by atoms with Crippen molar-refractivity contribution in [2.45, 2.75) is 25.9 Å². The molecule has 5 nitrogen and oxygen atoms in total. The van der Waals surface area contributed by atoms with Crippen molar-refractivity contribution in [3.63, 3.8) is 0 Å². The summed E-state index contributed by atoms with van der Waals surface area (Å²) >= 11 is 0. The number of anilines is 1. The van der Waals surface area contributed by atoms with Crippen molar-refractivity contribution in [3.8, 4) is 5.75 Å². The molecule has 0 aromatic heterocycles. The van der Waals surface area contributed by atoms with Crippen LogP contribution in [0.2, 0.25) is 0 Å². The van der Waals surface area contributed by atoms with E-state index in [4.69, 9.17) is 10.5 Å². The Hall–Kier alpha value is -1.75. The van der Waals surface area contributed by atoms with Gasteiger partial charge >= 0.3 is 0 Å². The van der Waals surface area contributed by atoms with Crippen molar-refractivity contribution in [3.05, 3.63) is 23.8 Å². The Balaban J connectivity index is 2.47. The maximum atomic E-state index is 12.4. The first-order valence-electron chi connectivity index (χ1n) is 6.82. The normalized spacial score (nSPS) is 18.4. The van der Waals surface area contributed by atoms with Gasteiger partial charge in [0.05, 0.1) is 7.11 Å². The SMILES string of the molecule is COc1ccc(CN)c(N2CCN(C)C(=O)C2(C)C)c1. The second-order valence-corrected chi connectivity index (χ2v) is 5.64. The molecular formula is C15H23N3O2. The molecule has 1 aromatic rings. The molecule has 1 aliphatic heterocycles. The second kappa shape index (κ2) is 5.32. The molecule has 1 aliphatic rings. The number of piperazine rings is 1.